The predicted octanol–water partition coefficient (Wildman–Crippen LogP) is 2.36. The first kappa shape index (κ1) is 23.3. The van der Waals surface area contributed by atoms with E-state index in [1.807, 2.05) is 44.0 Å². The number of pyridine rings is 1. The minimum Gasteiger partial charge on any atom is -0.444 e. The van der Waals surface area contributed by atoms with Gasteiger partial charge in [0.05, 0.1) is 0 Å². The van der Waals surface area contributed by atoms with Crippen molar-refractivity contribution >= 4 is 17.8 Å². The fourth-order valence-electron chi connectivity index (χ4n) is 4.25. The number of hydrogen-bond acceptors (Lipinski definition) is 6. The number of piperidine rings is 1. The molecule has 2 aliphatic rings. The van der Waals surface area contributed by atoms with Gasteiger partial charge in [-0.2, -0.15) is 0 Å². The molecule has 8 nitrogen and oxygen atoms in total. The fourth-order valence-corrected chi connectivity index (χ4v) is 4.25. The molecule has 0 aliphatic carbocycles. The highest BCUT2D eigenvalue weighted by molar-refractivity contribution is 5.77. The van der Waals surface area contributed by atoms with Crippen LogP contribution in [0.3, 0.4) is 0 Å². The Hall–Kier alpha value is -2.35. The van der Waals surface area contributed by atoms with Gasteiger partial charge in [-0.1, -0.05) is 6.07 Å². The van der Waals surface area contributed by atoms with Crippen LogP contribution >= 0.6 is 0 Å². The number of rotatable bonds is 6. The topological polar surface area (TPSA) is 78.0 Å². The Balaban J connectivity index is 1.36. The molecule has 2 saturated heterocycles. The van der Waals surface area contributed by atoms with E-state index in [0.717, 1.165) is 58.1 Å². The number of nitrogens with zero attached hydrogens (tertiary/aromatic N) is 4. The number of hydrogen-bond donors (Lipinski definition) is 1. The van der Waals surface area contributed by atoms with Crippen molar-refractivity contribution in [3.8, 4) is 0 Å². The third kappa shape index (κ3) is 7.69. The number of aromatic nitrogens is 1. The van der Waals surface area contributed by atoms with E-state index >= 15 is 0 Å². The number of amides is 2. The highest BCUT2D eigenvalue weighted by Crippen LogP contribution is 2.20. The lowest BCUT2D eigenvalue weighted by molar-refractivity contribution is -0.133. The van der Waals surface area contributed by atoms with Crippen molar-refractivity contribution in [3.05, 3.63) is 24.4 Å². The van der Waals surface area contributed by atoms with Crippen molar-refractivity contribution in [1.29, 1.82) is 0 Å². The van der Waals surface area contributed by atoms with Crippen LogP contribution in [0.2, 0.25) is 0 Å². The average molecular weight is 432 g/mol. The lowest BCUT2D eigenvalue weighted by Crippen LogP contribution is -2.50. The van der Waals surface area contributed by atoms with Gasteiger partial charge in [0.25, 0.3) is 0 Å². The molecule has 2 fully saturated rings. The van der Waals surface area contributed by atoms with Crippen molar-refractivity contribution < 1.29 is 14.3 Å². The largest absolute Gasteiger partial charge is 0.444 e. The Morgan fingerprint density at radius 3 is 2.61 bits per heavy atom. The molecule has 8 heteroatoms. The van der Waals surface area contributed by atoms with E-state index in [9.17, 15) is 9.59 Å². The summed E-state index contributed by atoms with van der Waals surface area (Å²) < 4.78 is 5.21. The number of alkyl carbamates (subject to hydrolysis) is 1. The molecular weight excluding hydrogens is 394 g/mol. The summed E-state index contributed by atoms with van der Waals surface area (Å²) in [7, 11) is 0. The average Bonchev–Trinajstić information content (AvgIpc) is 2.74. The minimum atomic E-state index is -0.530. The summed E-state index contributed by atoms with van der Waals surface area (Å²) in [6.07, 6.45) is 3.90. The van der Waals surface area contributed by atoms with Crippen LogP contribution in [0.1, 0.15) is 40.0 Å². The summed E-state index contributed by atoms with van der Waals surface area (Å²) in [6.45, 7) is 12.5. The molecule has 1 aromatic heterocycles. The van der Waals surface area contributed by atoms with Crippen LogP contribution in [-0.4, -0.2) is 84.7 Å². The quantitative estimate of drug-likeness (QED) is 0.745. The van der Waals surface area contributed by atoms with E-state index in [1.54, 1.807) is 0 Å². The molecule has 0 spiro atoms. The van der Waals surface area contributed by atoms with Crippen LogP contribution in [0, 0.1) is 5.92 Å². The van der Waals surface area contributed by atoms with E-state index in [2.05, 4.69) is 26.2 Å². The van der Waals surface area contributed by atoms with Crippen molar-refractivity contribution in [3.63, 3.8) is 0 Å². The number of piperazine rings is 1. The van der Waals surface area contributed by atoms with Crippen molar-refractivity contribution in [2.75, 3.05) is 57.3 Å². The molecule has 1 atom stereocenters. The SMILES string of the molecule is CC(C)(C)OC(=O)NCCC(=O)N1CCCC(CN2CCN(c3ccccn3)CC2)C1. The predicted molar refractivity (Wildman–Crippen MR) is 121 cm³/mol. The van der Waals surface area contributed by atoms with E-state index in [4.69, 9.17) is 4.74 Å². The molecule has 31 heavy (non-hydrogen) atoms. The maximum atomic E-state index is 12.6. The molecule has 0 aromatic carbocycles. The monoisotopic (exact) mass is 431 g/mol. The first-order chi connectivity index (χ1) is 14.8. The first-order valence-electron chi connectivity index (χ1n) is 11.4. The standard InChI is InChI=1S/C23H37N5O3/c1-23(2,3)31-22(30)25-11-9-21(29)28-12-6-7-19(18-28)17-26-13-15-27(16-14-26)20-8-4-5-10-24-20/h4-5,8,10,19H,6-7,9,11-18H2,1-3H3,(H,25,30). The molecule has 2 amide bonds. The molecule has 0 bridgehead atoms. The van der Waals surface area contributed by atoms with Crippen LogP contribution in [0.5, 0.6) is 0 Å². The molecule has 1 aromatic rings. The molecule has 0 saturated carbocycles. The highest BCUT2D eigenvalue weighted by Gasteiger charge is 2.27. The van der Waals surface area contributed by atoms with Gasteiger partial charge in [0.2, 0.25) is 5.91 Å². The Morgan fingerprint density at radius 2 is 1.94 bits per heavy atom. The molecule has 172 valence electrons. The third-order valence-electron chi connectivity index (χ3n) is 5.74. The van der Waals surface area contributed by atoms with Gasteiger partial charge in [0.15, 0.2) is 0 Å². The van der Waals surface area contributed by atoms with Gasteiger partial charge in [0.1, 0.15) is 11.4 Å². The van der Waals surface area contributed by atoms with Crippen LogP contribution in [-0.2, 0) is 9.53 Å². The van der Waals surface area contributed by atoms with E-state index in [0.29, 0.717) is 18.9 Å². The number of carbonyl (C=O) groups excluding carboxylic acids is 2. The van der Waals surface area contributed by atoms with Gasteiger partial charge >= 0.3 is 6.09 Å². The van der Waals surface area contributed by atoms with Crippen molar-refractivity contribution in [2.24, 2.45) is 5.92 Å². The Bertz CT molecular complexity index is 714. The summed E-state index contributed by atoms with van der Waals surface area (Å²) in [6, 6.07) is 6.05. The van der Waals surface area contributed by atoms with E-state index < -0.39 is 11.7 Å². The third-order valence-corrected chi connectivity index (χ3v) is 5.74. The smallest absolute Gasteiger partial charge is 0.407 e. The summed E-state index contributed by atoms with van der Waals surface area (Å²) in [5, 5.41) is 2.68. The maximum Gasteiger partial charge on any atom is 0.407 e. The summed E-state index contributed by atoms with van der Waals surface area (Å²) in [5.74, 6) is 1.68. The number of nitrogens with one attached hydrogen (secondary N) is 1. The fraction of sp³-hybridized carbons (Fsp3) is 0.696. The van der Waals surface area contributed by atoms with Crippen molar-refractivity contribution in [2.45, 2.75) is 45.6 Å². The van der Waals surface area contributed by atoms with Gasteiger partial charge in [-0.15, -0.1) is 0 Å². The summed E-state index contributed by atoms with van der Waals surface area (Å²) >= 11 is 0. The summed E-state index contributed by atoms with van der Waals surface area (Å²) in [5.41, 5.74) is -0.530. The van der Waals surface area contributed by atoms with Gasteiger partial charge in [0, 0.05) is 65.0 Å². The minimum absolute atomic E-state index is 0.112. The van der Waals surface area contributed by atoms with Crippen LogP contribution in [0.15, 0.2) is 24.4 Å². The van der Waals surface area contributed by atoms with Gasteiger partial charge in [-0.3, -0.25) is 9.69 Å². The zero-order valence-electron chi connectivity index (χ0n) is 19.2. The van der Waals surface area contributed by atoms with E-state index in [1.165, 1.54) is 6.42 Å². The number of anilines is 1. The zero-order valence-corrected chi connectivity index (χ0v) is 19.2. The number of likely N-dealkylation sites (tertiary alicyclic amines) is 1. The lowest BCUT2D eigenvalue weighted by Gasteiger charge is -2.39. The Kier molecular flexibility index (Phi) is 8.12. The molecule has 3 rings (SSSR count). The van der Waals surface area contributed by atoms with Crippen LogP contribution < -0.4 is 10.2 Å². The normalized spacial score (nSPS) is 20.4. The Morgan fingerprint density at radius 1 is 1.16 bits per heavy atom. The molecule has 3 heterocycles. The number of carbonyl (C=O) groups is 2. The van der Waals surface area contributed by atoms with Crippen molar-refractivity contribution in [1.82, 2.24) is 20.1 Å². The molecular formula is C23H37N5O3. The van der Waals surface area contributed by atoms with Gasteiger partial charge in [-0.25, -0.2) is 9.78 Å². The second kappa shape index (κ2) is 10.8. The number of ether oxygens (including phenoxy) is 1. The van der Waals surface area contributed by atoms with Gasteiger partial charge < -0.3 is 19.9 Å². The molecule has 1 unspecified atom stereocenters. The van der Waals surface area contributed by atoms with E-state index in [-0.39, 0.29) is 5.91 Å². The van der Waals surface area contributed by atoms with Crippen LogP contribution in [0.25, 0.3) is 0 Å². The zero-order chi connectivity index (χ0) is 22.3. The maximum absolute atomic E-state index is 12.6. The Labute approximate surface area is 185 Å². The second-order valence-electron chi connectivity index (χ2n) is 9.50. The summed E-state index contributed by atoms with van der Waals surface area (Å²) in [4.78, 5) is 35.6. The highest BCUT2D eigenvalue weighted by atomic mass is 16.6. The molecule has 1 N–H and O–H groups in total. The van der Waals surface area contributed by atoms with Crippen LogP contribution in [0.4, 0.5) is 10.6 Å². The molecule has 2 aliphatic heterocycles. The first-order valence-corrected chi connectivity index (χ1v) is 11.4. The lowest BCUT2D eigenvalue weighted by atomic mass is 9.96. The second-order valence-corrected chi connectivity index (χ2v) is 9.50. The van der Waals surface area contributed by atoms with Gasteiger partial charge in [-0.05, 0) is 51.7 Å². The molecule has 0 radical (unpaired) electrons.